The Morgan fingerprint density at radius 2 is 2.27 bits per heavy atom. The highest BCUT2D eigenvalue weighted by atomic mass is 127. The van der Waals surface area contributed by atoms with Gasteiger partial charge < -0.3 is 4.74 Å². The molecule has 82 valence electrons. The minimum absolute atomic E-state index is 0.107. The van der Waals surface area contributed by atoms with Crippen LogP contribution >= 0.6 is 38.5 Å². The number of carbonyl (C=O) groups excluding carboxylic acids is 1. The zero-order chi connectivity index (χ0) is 11.4. The number of hydrogen-bond acceptors (Lipinski definition) is 2. The van der Waals surface area contributed by atoms with Gasteiger partial charge in [-0.05, 0) is 63.1 Å². The van der Waals surface area contributed by atoms with Crippen LogP contribution in [0.5, 0.6) is 0 Å². The summed E-state index contributed by atoms with van der Waals surface area (Å²) in [6.45, 7) is 2.08. The SMILES string of the molecule is CCOC(=O)Cc1cc(F)c(Br)cc1I. The topological polar surface area (TPSA) is 26.3 Å². The van der Waals surface area contributed by atoms with Gasteiger partial charge in [-0.25, -0.2) is 4.39 Å². The smallest absolute Gasteiger partial charge is 0.310 e. The fourth-order valence-corrected chi connectivity index (χ4v) is 2.50. The number of esters is 1. The van der Waals surface area contributed by atoms with Crippen LogP contribution < -0.4 is 0 Å². The Kier molecular flexibility index (Phi) is 4.98. The van der Waals surface area contributed by atoms with Gasteiger partial charge in [-0.15, -0.1) is 0 Å². The first-order chi connectivity index (χ1) is 7.04. The maximum absolute atomic E-state index is 13.2. The predicted molar refractivity (Wildman–Crippen MR) is 67.2 cm³/mol. The third-order valence-corrected chi connectivity index (χ3v) is 3.34. The fraction of sp³-hybridized carbons (Fsp3) is 0.300. The molecule has 1 aromatic rings. The van der Waals surface area contributed by atoms with Gasteiger partial charge in [0.2, 0.25) is 0 Å². The van der Waals surface area contributed by atoms with Crippen LogP contribution in [0.25, 0.3) is 0 Å². The Morgan fingerprint density at radius 1 is 1.60 bits per heavy atom. The highest BCUT2D eigenvalue weighted by Gasteiger charge is 2.10. The number of carbonyl (C=O) groups is 1. The molecule has 0 aliphatic carbocycles. The molecule has 0 unspecified atom stereocenters. The molecule has 1 aromatic carbocycles. The molecule has 15 heavy (non-hydrogen) atoms. The van der Waals surface area contributed by atoms with Crippen molar-refractivity contribution in [3.63, 3.8) is 0 Å². The summed E-state index contributed by atoms with van der Waals surface area (Å²) in [4.78, 5) is 11.2. The normalized spacial score (nSPS) is 10.1. The number of ether oxygens (including phenoxy) is 1. The van der Waals surface area contributed by atoms with Crippen molar-refractivity contribution in [2.45, 2.75) is 13.3 Å². The van der Waals surface area contributed by atoms with E-state index < -0.39 is 0 Å². The Labute approximate surface area is 109 Å². The van der Waals surface area contributed by atoms with Gasteiger partial charge in [-0.3, -0.25) is 4.79 Å². The van der Waals surface area contributed by atoms with Gasteiger partial charge in [-0.1, -0.05) is 0 Å². The summed E-state index contributed by atoms with van der Waals surface area (Å²) in [5.41, 5.74) is 0.648. The van der Waals surface area contributed by atoms with Crippen LogP contribution in [0.15, 0.2) is 16.6 Å². The number of rotatable bonds is 3. The van der Waals surface area contributed by atoms with E-state index in [1.165, 1.54) is 6.07 Å². The van der Waals surface area contributed by atoms with Crippen LogP contribution in [0.1, 0.15) is 12.5 Å². The average molecular weight is 387 g/mol. The first kappa shape index (κ1) is 12.9. The first-order valence-electron chi connectivity index (χ1n) is 4.33. The van der Waals surface area contributed by atoms with Gasteiger partial charge in [0.05, 0.1) is 17.5 Å². The van der Waals surface area contributed by atoms with Crippen molar-refractivity contribution in [1.82, 2.24) is 0 Å². The third-order valence-electron chi connectivity index (χ3n) is 1.73. The van der Waals surface area contributed by atoms with Crippen molar-refractivity contribution in [3.05, 3.63) is 31.6 Å². The summed E-state index contributed by atoms with van der Waals surface area (Å²) in [6.07, 6.45) is 0.107. The molecule has 0 N–H and O–H groups in total. The molecule has 5 heteroatoms. The number of halogens is 3. The van der Waals surface area contributed by atoms with Crippen molar-refractivity contribution in [3.8, 4) is 0 Å². The van der Waals surface area contributed by atoms with E-state index in [-0.39, 0.29) is 18.2 Å². The van der Waals surface area contributed by atoms with E-state index in [0.29, 0.717) is 16.6 Å². The summed E-state index contributed by atoms with van der Waals surface area (Å²) < 4.78 is 19.2. The molecule has 1 rings (SSSR count). The third kappa shape index (κ3) is 3.71. The maximum atomic E-state index is 13.2. The van der Waals surface area contributed by atoms with Gasteiger partial charge in [0.15, 0.2) is 0 Å². The van der Waals surface area contributed by atoms with Crippen molar-refractivity contribution in [2.75, 3.05) is 6.61 Å². The molecule has 0 aromatic heterocycles. The molecule has 0 aliphatic rings. The van der Waals surface area contributed by atoms with E-state index in [1.54, 1.807) is 13.0 Å². The Balaban J connectivity index is 2.86. The van der Waals surface area contributed by atoms with Gasteiger partial charge in [0, 0.05) is 3.57 Å². The summed E-state index contributed by atoms with van der Waals surface area (Å²) >= 11 is 5.14. The van der Waals surface area contributed by atoms with Crippen LogP contribution in [-0.2, 0) is 16.0 Å². The highest BCUT2D eigenvalue weighted by Crippen LogP contribution is 2.22. The Hall–Kier alpha value is -0.170. The molecule has 0 aliphatic heterocycles. The monoisotopic (exact) mass is 386 g/mol. The summed E-state index contributed by atoms with van der Waals surface area (Å²) in [5.74, 6) is -0.702. The molecule has 0 bridgehead atoms. The lowest BCUT2D eigenvalue weighted by molar-refractivity contribution is -0.142. The van der Waals surface area contributed by atoms with Crippen LogP contribution in [-0.4, -0.2) is 12.6 Å². The summed E-state index contributed by atoms with van der Waals surface area (Å²) in [7, 11) is 0. The lowest BCUT2D eigenvalue weighted by atomic mass is 10.1. The predicted octanol–water partition coefficient (Wildman–Crippen LogP) is 3.30. The van der Waals surface area contributed by atoms with Crippen molar-refractivity contribution < 1.29 is 13.9 Å². The second kappa shape index (κ2) is 5.79. The molecule has 0 saturated carbocycles. The maximum Gasteiger partial charge on any atom is 0.310 e. The summed E-state index contributed by atoms with van der Waals surface area (Å²) in [6, 6.07) is 2.99. The van der Waals surface area contributed by atoms with Crippen LogP contribution in [0.4, 0.5) is 4.39 Å². The van der Waals surface area contributed by atoms with Crippen molar-refractivity contribution >= 4 is 44.5 Å². The molecule has 0 amide bonds. The molecule has 2 nitrogen and oxygen atoms in total. The zero-order valence-corrected chi connectivity index (χ0v) is 11.8. The highest BCUT2D eigenvalue weighted by molar-refractivity contribution is 14.1. The quantitative estimate of drug-likeness (QED) is 0.452. The zero-order valence-electron chi connectivity index (χ0n) is 8.02. The average Bonchev–Trinajstić information content (AvgIpc) is 2.14. The largest absolute Gasteiger partial charge is 0.466 e. The molecule has 0 spiro atoms. The first-order valence-corrected chi connectivity index (χ1v) is 6.20. The second-order valence-electron chi connectivity index (χ2n) is 2.84. The molecule has 0 fully saturated rings. The van der Waals surface area contributed by atoms with Crippen LogP contribution in [0, 0.1) is 9.39 Å². The Morgan fingerprint density at radius 3 is 2.87 bits per heavy atom. The van der Waals surface area contributed by atoms with Gasteiger partial charge in [0.25, 0.3) is 0 Å². The Bertz CT molecular complexity index is 382. The molecule has 0 radical (unpaired) electrons. The van der Waals surface area contributed by atoms with Gasteiger partial charge in [-0.2, -0.15) is 0 Å². The van der Waals surface area contributed by atoms with E-state index in [9.17, 15) is 9.18 Å². The number of hydrogen-bond donors (Lipinski definition) is 0. The molecule has 0 heterocycles. The molecular formula is C10H9BrFIO2. The number of benzene rings is 1. The van der Waals surface area contributed by atoms with E-state index in [2.05, 4.69) is 38.5 Å². The van der Waals surface area contributed by atoms with Crippen molar-refractivity contribution in [1.29, 1.82) is 0 Å². The van der Waals surface area contributed by atoms with Crippen LogP contribution in [0.3, 0.4) is 0 Å². The summed E-state index contributed by atoms with van der Waals surface area (Å²) in [5, 5.41) is 0. The van der Waals surface area contributed by atoms with Gasteiger partial charge in [0.1, 0.15) is 5.82 Å². The minimum Gasteiger partial charge on any atom is -0.466 e. The van der Waals surface area contributed by atoms with E-state index in [4.69, 9.17) is 4.74 Å². The van der Waals surface area contributed by atoms with Crippen LogP contribution in [0.2, 0.25) is 0 Å². The standard InChI is InChI=1S/C10H9BrFIO2/c1-2-15-10(14)4-6-3-8(12)7(11)5-9(6)13/h3,5H,2,4H2,1H3. The molecule has 0 atom stereocenters. The van der Waals surface area contributed by atoms with Gasteiger partial charge >= 0.3 is 5.97 Å². The fourth-order valence-electron chi connectivity index (χ4n) is 1.07. The lowest BCUT2D eigenvalue weighted by Crippen LogP contribution is -2.08. The molecular weight excluding hydrogens is 378 g/mol. The second-order valence-corrected chi connectivity index (χ2v) is 4.86. The lowest BCUT2D eigenvalue weighted by Gasteiger charge is -2.05. The molecule has 0 saturated heterocycles. The van der Waals surface area contributed by atoms with E-state index in [0.717, 1.165) is 3.57 Å². The minimum atomic E-state index is -0.366. The van der Waals surface area contributed by atoms with E-state index >= 15 is 0 Å². The van der Waals surface area contributed by atoms with Crippen molar-refractivity contribution in [2.24, 2.45) is 0 Å². The van der Waals surface area contributed by atoms with E-state index in [1.807, 2.05) is 0 Å².